The Balaban J connectivity index is 0. The minimum Gasteiger partial charge on any atom is -0.397 e. The van der Waals surface area contributed by atoms with Gasteiger partial charge < -0.3 is 14.0 Å². The molecule has 1 N–H and O–H groups in total. The molecule has 6 heteroatoms. The van der Waals surface area contributed by atoms with E-state index in [1.165, 1.54) is 6.08 Å². The summed E-state index contributed by atoms with van der Waals surface area (Å²) in [6.45, 7) is 7.79. The van der Waals surface area contributed by atoms with Crippen LogP contribution < -0.4 is 0 Å². The second-order valence-electron chi connectivity index (χ2n) is 2.77. The zero-order valence-electron chi connectivity index (χ0n) is 10.4. The maximum atomic E-state index is 9.76. The monoisotopic (exact) mass is 249 g/mol. The van der Waals surface area contributed by atoms with Crippen molar-refractivity contribution in [1.29, 1.82) is 0 Å². The van der Waals surface area contributed by atoms with E-state index in [1.807, 2.05) is 13.8 Å². The third-order valence-corrected chi connectivity index (χ3v) is 3.77. The highest BCUT2D eigenvalue weighted by Crippen LogP contribution is 2.01. The Bertz CT molecular complexity index is 168. The molecule has 0 aromatic rings. The third-order valence-electron chi connectivity index (χ3n) is 1.48. The van der Waals surface area contributed by atoms with Crippen LogP contribution >= 0.6 is 0 Å². The second-order valence-corrected chi connectivity index (χ2v) is 4.87. The van der Waals surface area contributed by atoms with E-state index >= 15 is 0 Å². The Kier molecular flexibility index (Phi) is 18.9. The summed E-state index contributed by atoms with van der Waals surface area (Å²) in [4.78, 5) is 13.2. The van der Waals surface area contributed by atoms with Gasteiger partial charge in [0, 0.05) is 19.8 Å². The molecule has 0 amide bonds. The van der Waals surface area contributed by atoms with Gasteiger partial charge in [-0.15, -0.1) is 0 Å². The van der Waals surface area contributed by atoms with Crippen LogP contribution in [0.2, 0.25) is 6.04 Å². The lowest BCUT2D eigenvalue weighted by Gasteiger charge is -2.13. The molecule has 0 aliphatic rings. The molecule has 0 aromatic carbocycles. The predicted molar refractivity (Wildman–Crippen MR) is 65.6 cm³/mol. The summed E-state index contributed by atoms with van der Waals surface area (Å²) in [5.41, 5.74) is 0. The molecule has 0 unspecified atom stereocenters. The molecule has 0 saturated carbocycles. The van der Waals surface area contributed by atoms with Gasteiger partial charge in [-0.1, -0.05) is 0 Å². The number of hydrogen-bond donors (Lipinski definition) is 1. The zero-order valence-corrected chi connectivity index (χ0v) is 11.6. The molecule has 0 bridgehead atoms. The van der Waals surface area contributed by atoms with Gasteiger partial charge in [0.1, 0.15) is 0 Å². The molecule has 0 rings (SSSR count). The van der Waals surface area contributed by atoms with Crippen LogP contribution in [0.5, 0.6) is 0 Å². The summed E-state index contributed by atoms with van der Waals surface area (Å²) in [5, 5.41) is 7.57. The lowest BCUT2D eigenvalue weighted by atomic mass is 10.5. The number of nitrogens with zero attached hydrogens (tertiary/aromatic N) is 1. The van der Waals surface area contributed by atoms with Crippen molar-refractivity contribution >= 4 is 15.4 Å². The Labute approximate surface area is 99.3 Å². The quantitative estimate of drug-likeness (QED) is 0.302. The highest BCUT2D eigenvalue weighted by atomic mass is 28.3. The van der Waals surface area contributed by atoms with Crippen molar-refractivity contribution in [2.75, 3.05) is 26.4 Å². The summed E-state index contributed by atoms with van der Waals surface area (Å²) < 4.78 is 10.9. The van der Waals surface area contributed by atoms with Crippen LogP contribution in [0.25, 0.3) is 0 Å². The normalized spacial score (nSPS) is 9.31. The van der Waals surface area contributed by atoms with E-state index in [0.717, 1.165) is 12.5 Å². The Morgan fingerprint density at radius 1 is 1.25 bits per heavy atom. The molecule has 96 valence electrons. The first kappa shape index (κ1) is 17.9. The number of carbonyl (C=O) groups excluding carboxylic acids is 1. The summed E-state index contributed by atoms with van der Waals surface area (Å²) in [7, 11) is -1.47. The fourth-order valence-corrected chi connectivity index (χ4v) is 2.66. The SMILES string of the molecule is CCO.CCO[SiH](CCCN=C=O)OCC. The molecule has 0 aliphatic heterocycles. The molecule has 0 spiro atoms. The van der Waals surface area contributed by atoms with Gasteiger partial charge in [0.05, 0.1) is 6.54 Å². The highest BCUT2D eigenvalue weighted by molar-refractivity contribution is 6.44. The molecular weight excluding hydrogens is 226 g/mol. The Morgan fingerprint density at radius 2 is 1.75 bits per heavy atom. The first-order chi connectivity index (χ1) is 7.76. The standard InChI is InChI=1S/C8H17NO3Si.C2H6O/c1-3-11-13(12-4-2)7-5-6-9-8-10;1-2-3/h13H,3-7H2,1-2H3;3H,2H2,1H3. The molecule has 0 heterocycles. The number of aliphatic hydroxyl groups is 1. The lowest BCUT2D eigenvalue weighted by molar-refractivity contribution is 0.213. The van der Waals surface area contributed by atoms with Gasteiger partial charge >= 0.3 is 9.28 Å². The second kappa shape index (κ2) is 16.9. The summed E-state index contributed by atoms with van der Waals surface area (Å²) in [6, 6.07) is 0.910. The van der Waals surface area contributed by atoms with E-state index in [0.29, 0.717) is 19.8 Å². The minimum absolute atomic E-state index is 0.250. The van der Waals surface area contributed by atoms with Crippen molar-refractivity contribution in [1.82, 2.24) is 0 Å². The van der Waals surface area contributed by atoms with E-state index in [4.69, 9.17) is 14.0 Å². The van der Waals surface area contributed by atoms with E-state index in [1.54, 1.807) is 6.92 Å². The number of rotatable bonds is 8. The molecule has 0 atom stereocenters. The van der Waals surface area contributed by atoms with E-state index in [-0.39, 0.29) is 6.61 Å². The summed E-state index contributed by atoms with van der Waals surface area (Å²) in [6.07, 6.45) is 2.37. The van der Waals surface area contributed by atoms with Gasteiger partial charge in [0.15, 0.2) is 0 Å². The van der Waals surface area contributed by atoms with Crippen LogP contribution in [0.4, 0.5) is 0 Å². The summed E-state index contributed by atoms with van der Waals surface area (Å²) in [5.74, 6) is 0. The molecular formula is C10H23NO4Si. The largest absolute Gasteiger partial charge is 0.397 e. The van der Waals surface area contributed by atoms with Gasteiger partial charge in [0.2, 0.25) is 6.08 Å². The fraction of sp³-hybridized carbons (Fsp3) is 0.900. The molecule has 0 aliphatic carbocycles. The van der Waals surface area contributed by atoms with Crippen LogP contribution in [-0.4, -0.2) is 46.8 Å². The van der Waals surface area contributed by atoms with Gasteiger partial charge in [0.25, 0.3) is 0 Å². The average molecular weight is 249 g/mol. The van der Waals surface area contributed by atoms with E-state index < -0.39 is 9.28 Å². The minimum atomic E-state index is -1.47. The van der Waals surface area contributed by atoms with Crippen LogP contribution in [0.15, 0.2) is 4.99 Å². The fourth-order valence-electron chi connectivity index (χ4n) is 0.969. The molecule has 0 radical (unpaired) electrons. The van der Waals surface area contributed by atoms with Crippen molar-refractivity contribution in [3.63, 3.8) is 0 Å². The maximum Gasteiger partial charge on any atom is 0.321 e. The predicted octanol–water partition coefficient (Wildman–Crippen LogP) is 1.00. The van der Waals surface area contributed by atoms with E-state index in [9.17, 15) is 4.79 Å². The molecule has 0 aromatic heterocycles. The maximum absolute atomic E-state index is 9.76. The van der Waals surface area contributed by atoms with Crippen molar-refractivity contribution in [2.24, 2.45) is 4.99 Å². The third kappa shape index (κ3) is 15.9. The van der Waals surface area contributed by atoms with Gasteiger partial charge in [-0.3, -0.25) is 0 Å². The van der Waals surface area contributed by atoms with Crippen LogP contribution in [0.3, 0.4) is 0 Å². The van der Waals surface area contributed by atoms with Crippen molar-refractivity contribution in [2.45, 2.75) is 33.2 Å². The van der Waals surface area contributed by atoms with Crippen molar-refractivity contribution < 1.29 is 18.8 Å². The lowest BCUT2D eigenvalue weighted by Crippen LogP contribution is -2.22. The highest BCUT2D eigenvalue weighted by Gasteiger charge is 2.10. The first-order valence-electron chi connectivity index (χ1n) is 5.64. The average Bonchev–Trinajstić information content (AvgIpc) is 2.26. The number of isocyanates is 1. The number of aliphatic hydroxyl groups excluding tert-OH is 1. The number of aliphatic imine (C=N–C) groups is 1. The topological polar surface area (TPSA) is 68.1 Å². The number of hydrogen-bond acceptors (Lipinski definition) is 5. The summed E-state index contributed by atoms with van der Waals surface area (Å²) >= 11 is 0. The molecule has 0 saturated heterocycles. The first-order valence-corrected chi connectivity index (χ1v) is 7.40. The smallest absolute Gasteiger partial charge is 0.321 e. The van der Waals surface area contributed by atoms with Crippen LogP contribution in [0, 0.1) is 0 Å². The Morgan fingerprint density at radius 3 is 2.12 bits per heavy atom. The van der Waals surface area contributed by atoms with Crippen LogP contribution in [0.1, 0.15) is 27.2 Å². The Hall–Kier alpha value is -0.523. The van der Waals surface area contributed by atoms with Gasteiger partial charge in [-0.05, 0) is 33.2 Å². The molecule has 5 nitrogen and oxygen atoms in total. The van der Waals surface area contributed by atoms with Crippen LogP contribution in [-0.2, 0) is 13.6 Å². The van der Waals surface area contributed by atoms with Crippen molar-refractivity contribution in [3.05, 3.63) is 0 Å². The molecule has 0 fully saturated rings. The molecule has 16 heavy (non-hydrogen) atoms. The van der Waals surface area contributed by atoms with Gasteiger partial charge in [-0.2, -0.15) is 0 Å². The zero-order chi connectivity index (χ0) is 12.6. The van der Waals surface area contributed by atoms with E-state index in [2.05, 4.69) is 4.99 Å². The van der Waals surface area contributed by atoms with Crippen molar-refractivity contribution in [3.8, 4) is 0 Å². The van der Waals surface area contributed by atoms with Gasteiger partial charge in [-0.25, -0.2) is 9.79 Å².